The zero-order valence-corrected chi connectivity index (χ0v) is 12.1. The summed E-state index contributed by atoms with van der Waals surface area (Å²) in [7, 11) is 1.62. The van der Waals surface area contributed by atoms with E-state index in [4.69, 9.17) is 14.2 Å². The molecule has 2 unspecified atom stereocenters. The largest absolute Gasteiger partial charge is 0.493 e. The third-order valence-electron chi connectivity index (χ3n) is 3.70. The van der Waals surface area contributed by atoms with Gasteiger partial charge in [0.25, 0.3) is 0 Å². The highest BCUT2D eigenvalue weighted by Gasteiger charge is 2.38. The molecule has 1 aromatic rings. The van der Waals surface area contributed by atoms with Gasteiger partial charge in [-0.15, -0.1) is 0 Å². The van der Waals surface area contributed by atoms with Crippen molar-refractivity contribution < 1.29 is 19.3 Å². The standard InChI is InChI=1S/C15H23NO4/c1-12-15(17,7-9-19-12)11-16-8-10-20-14-6-4-3-5-13(14)18-2/h3-6,12,16-17H,7-11H2,1-2H3. The molecule has 5 heteroatoms. The number of rotatable bonds is 7. The minimum atomic E-state index is -0.759. The molecular weight excluding hydrogens is 258 g/mol. The van der Waals surface area contributed by atoms with Crippen molar-refractivity contribution in [2.45, 2.75) is 25.0 Å². The number of ether oxygens (including phenoxy) is 3. The van der Waals surface area contributed by atoms with Crippen molar-refractivity contribution in [2.24, 2.45) is 0 Å². The molecule has 1 aliphatic heterocycles. The summed E-state index contributed by atoms with van der Waals surface area (Å²) in [4.78, 5) is 0. The number of para-hydroxylation sites is 2. The Balaban J connectivity index is 1.69. The quantitative estimate of drug-likeness (QED) is 0.736. The van der Waals surface area contributed by atoms with E-state index in [2.05, 4.69) is 5.32 Å². The molecule has 1 aliphatic rings. The molecule has 0 bridgehead atoms. The fourth-order valence-corrected chi connectivity index (χ4v) is 2.28. The van der Waals surface area contributed by atoms with Crippen molar-refractivity contribution in [2.75, 3.05) is 33.4 Å². The van der Waals surface area contributed by atoms with Gasteiger partial charge >= 0.3 is 0 Å². The summed E-state index contributed by atoms with van der Waals surface area (Å²) < 4.78 is 16.3. The second kappa shape index (κ2) is 6.92. The van der Waals surface area contributed by atoms with E-state index in [0.29, 0.717) is 32.7 Å². The highest BCUT2D eigenvalue weighted by atomic mass is 16.5. The second-order valence-corrected chi connectivity index (χ2v) is 5.04. The number of hydrogen-bond donors (Lipinski definition) is 2. The van der Waals surface area contributed by atoms with E-state index in [1.165, 1.54) is 0 Å². The smallest absolute Gasteiger partial charge is 0.161 e. The summed E-state index contributed by atoms with van der Waals surface area (Å²) in [5.74, 6) is 1.46. The average molecular weight is 281 g/mol. The fraction of sp³-hybridized carbons (Fsp3) is 0.600. The minimum Gasteiger partial charge on any atom is -0.493 e. The minimum absolute atomic E-state index is 0.120. The molecule has 0 radical (unpaired) electrons. The van der Waals surface area contributed by atoms with Gasteiger partial charge in [-0.2, -0.15) is 0 Å². The lowest BCUT2D eigenvalue weighted by molar-refractivity contribution is -0.0263. The van der Waals surface area contributed by atoms with E-state index in [0.717, 1.165) is 11.5 Å². The highest BCUT2D eigenvalue weighted by molar-refractivity contribution is 5.39. The van der Waals surface area contributed by atoms with Crippen molar-refractivity contribution in [3.05, 3.63) is 24.3 Å². The summed E-state index contributed by atoms with van der Waals surface area (Å²) in [5.41, 5.74) is -0.759. The Labute approximate surface area is 119 Å². The summed E-state index contributed by atoms with van der Waals surface area (Å²) in [6.07, 6.45) is 0.555. The van der Waals surface area contributed by atoms with Crippen molar-refractivity contribution in [1.82, 2.24) is 5.32 Å². The van der Waals surface area contributed by atoms with Crippen LogP contribution < -0.4 is 14.8 Å². The van der Waals surface area contributed by atoms with Crippen molar-refractivity contribution in [3.63, 3.8) is 0 Å². The molecule has 0 spiro atoms. The first-order chi connectivity index (χ1) is 9.65. The normalized spacial score (nSPS) is 25.6. The van der Waals surface area contributed by atoms with Crippen LogP contribution in [0.15, 0.2) is 24.3 Å². The Kier molecular flexibility index (Phi) is 5.23. The molecule has 0 amide bonds. The molecule has 1 fully saturated rings. The lowest BCUT2D eigenvalue weighted by Gasteiger charge is -2.26. The predicted molar refractivity (Wildman–Crippen MR) is 76.3 cm³/mol. The molecule has 0 saturated carbocycles. The van der Waals surface area contributed by atoms with Crippen LogP contribution in [0.25, 0.3) is 0 Å². The molecule has 1 saturated heterocycles. The van der Waals surface area contributed by atoms with Gasteiger partial charge in [0.15, 0.2) is 11.5 Å². The molecule has 0 aromatic heterocycles. The van der Waals surface area contributed by atoms with E-state index in [-0.39, 0.29) is 6.10 Å². The third kappa shape index (κ3) is 3.62. The summed E-state index contributed by atoms with van der Waals surface area (Å²) >= 11 is 0. The monoisotopic (exact) mass is 281 g/mol. The topological polar surface area (TPSA) is 60.0 Å². The van der Waals surface area contributed by atoms with E-state index < -0.39 is 5.60 Å². The van der Waals surface area contributed by atoms with Crippen LogP contribution in [0.2, 0.25) is 0 Å². The van der Waals surface area contributed by atoms with Gasteiger partial charge in [-0.1, -0.05) is 12.1 Å². The maximum atomic E-state index is 10.3. The molecule has 2 atom stereocenters. The fourth-order valence-electron chi connectivity index (χ4n) is 2.28. The zero-order valence-electron chi connectivity index (χ0n) is 12.1. The Morgan fingerprint density at radius 2 is 2.15 bits per heavy atom. The van der Waals surface area contributed by atoms with Crippen LogP contribution in [-0.4, -0.2) is 50.2 Å². The molecule has 112 valence electrons. The first-order valence-corrected chi connectivity index (χ1v) is 6.96. The van der Waals surface area contributed by atoms with Crippen molar-refractivity contribution in [3.8, 4) is 11.5 Å². The third-order valence-corrected chi connectivity index (χ3v) is 3.70. The Morgan fingerprint density at radius 3 is 2.80 bits per heavy atom. The first-order valence-electron chi connectivity index (χ1n) is 6.96. The molecular formula is C15H23NO4. The van der Waals surface area contributed by atoms with Gasteiger partial charge in [-0.05, 0) is 19.1 Å². The summed E-state index contributed by atoms with van der Waals surface area (Å²) in [5, 5.41) is 13.5. The van der Waals surface area contributed by atoms with Crippen LogP contribution in [0, 0.1) is 0 Å². The molecule has 1 aromatic carbocycles. The van der Waals surface area contributed by atoms with Crippen LogP contribution in [0.3, 0.4) is 0 Å². The Hall–Kier alpha value is -1.30. The molecule has 1 heterocycles. The van der Waals surface area contributed by atoms with Gasteiger partial charge in [0.2, 0.25) is 0 Å². The van der Waals surface area contributed by atoms with Gasteiger partial charge in [0, 0.05) is 26.1 Å². The van der Waals surface area contributed by atoms with Crippen LogP contribution in [-0.2, 0) is 4.74 Å². The second-order valence-electron chi connectivity index (χ2n) is 5.04. The summed E-state index contributed by atoms with van der Waals surface area (Å²) in [6.45, 7) is 4.22. The Morgan fingerprint density at radius 1 is 1.40 bits per heavy atom. The number of methoxy groups -OCH3 is 1. The van der Waals surface area contributed by atoms with Crippen molar-refractivity contribution >= 4 is 0 Å². The van der Waals surface area contributed by atoms with Crippen molar-refractivity contribution in [1.29, 1.82) is 0 Å². The molecule has 2 rings (SSSR count). The van der Waals surface area contributed by atoms with E-state index in [1.807, 2.05) is 31.2 Å². The molecule has 20 heavy (non-hydrogen) atoms. The predicted octanol–water partition coefficient (Wildman–Crippen LogP) is 1.20. The van der Waals surface area contributed by atoms with Crippen LogP contribution >= 0.6 is 0 Å². The lowest BCUT2D eigenvalue weighted by Crippen LogP contribution is -2.46. The molecule has 0 aliphatic carbocycles. The van der Waals surface area contributed by atoms with Gasteiger partial charge < -0.3 is 24.6 Å². The Bertz CT molecular complexity index is 426. The lowest BCUT2D eigenvalue weighted by atomic mass is 9.97. The van der Waals surface area contributed by atoms with Gasteiger partial charge in [-0.25, -0.2) is 0 Å². The van der Waals surface area contributed by atoms with E-state index in [9.17, 15) is 5.11 Å². The molecule has 5 nitrogen and oxygen atoms in total. The van der Waals surface area contributed by atoms with Gasteiger partial charge in [0.05, 0.1) is 13.2 Å². The van der Waals surface area contributed by atoms with Crippen LogP contribution in [0.1, 0.15) is 13.3 Å². The molecule has 2 N–H and O–H groups in total. The highest BCUT2D eigenvalue weighted by Crippen LogP contribution is 2.26. The first kappa shape index (κ1) is 15.1. The SMILES string of the molecule is COc1ccccc1OCCNCC1(O)CCOC1C. The number of nitrogens with one attached hydrogen (secondary N) is 1. The van der Waals surface area contributed by atoms with Gasteiger partial charge in [0.1, 0.15) is 12.2 Å². The summed E-state index contributed by atoms with van der Waals surface area (Å²) in [6, 6.07) is 7.55. The van der Waals surface area contributed by atoms with E-state index in [1.54, 1.807) is 7.11 Å². The van der Waals surface area contributed by atoms with Crippen LogP contribution in [0.4, 0.5) is 0 Å². The maximum Gasteiger partial charge on any atom is 0.161 e. The maximum absolute atomic E-state index is 10.3. The van der Waals surface area contributed by atoms with Crippen LogP contribution in [0.5, 0.6) is 11.5 Å². The average Bonchev–Trinajstić information content (AvgIpc) is 2.79. The number of aliphatic hydroxyl groups is 1. The van der Waals surface area contributed by atoms with E-state index >= 15 is 0 Å². The van der Waals surface area contributed by atoms with Gasteiger partial charge in [-0.3, -0.25) is 0 Å². The zero-order chi connectivity index (χ0) is 14.4. The number of hydrogen-bond acceptors (Lipinski definition) is 5. The number of benzene rings is 1.